The second-order valence-electron chi connectivity index (χ2n) is 6.07. The zero-order chi connectivity index (χ0) is 17.0. The molecule has 23 heavy (non-hydrogen) atoms. The van der Waals surface area contributed by atoms with Gasteiger partial charge < -0.3 is 14.7 Å². The Bertz CT molecular complexity index is 613. The first kappa shape index (κ1) is 17.0. The van der Waals surface area contributed by atoms with Gasteiger partial charge in [-0.25, -0.2) is 0 Å². The fourth-order valence-electron chi connectivity index (χ4n) is 2.53. The Morgan fingerprint density at radius 1 is 1.22 bits per heavy atom. The van der Waals surface area contributed by atoms with E-state index in [1.54, 1.807) is 33.3 Å². The summed E-state index contributed by atoms with van der Waals surface area (Å²) >= 11 is 0. The third-order valence-corrected chi connectivity index (χ3v) is 3.94. The topological polar surface area (TPSA) is 60.9 Å². The summed E-state index contributed by atoms with van der Waals surface area (Å²) in [5.41, 5.74) is 1.46. The van der Waals surface area contributed by atoms with E-state index in [0.29, 0.717) is 18.5 Å². The van der Waals surface area contributed by atoms with Crippen molar-refractivity contribution < 1.29 is 14.4 Å². The Labute approximate surface area is 136 Å². The number of rotatable bonds is 5. The second-order valence-corrected chi connectivity index (χ2v) is 6.07. The Hall–Kier alpha value is -2.37. The molecular weight excluding hydrogens is 294 g/mol. The molecule has 0 bridgehead atoms. The number of amides is 3. The van der Waals surface area contributed by atoms with Crippen LogP contribution in [0.1, 0.15) is 28.8 Å². The number of nitrogens with zero attached hydrogens (tertiary/aromatic N) is 3. The lowest BCUT2D eigenvalue weighted by atomic mass is 10.1. The fourth-order valence-corrected chi connectivity index (χ4v) is 2.53. The third kappa shape index (κ3) is 4.31. The van der Waals surface area contributed by atoms with E-state index >= 15 is 0 Å². The van der Waals surface area contributed by atoms with Crippen molar-refractivity contribution in [2.24, 2.45) is 0 Å². The SMILES string of the molecule is CN(C)C(=O)CN(C)C(=O)c1cccc(CN2CCCC2=O)c1. The van der Waals surface area contributed by atoms with Crippen LogP contribution in [-0.4, -0.2) is 66.7 Å². The molecule has 0 N–H and O–H groups in total. The maximum atomic E-state index is 12.4. The molecular formula is C17H23N3O3. The van der Waals surface area contributed by atoms with Gasteiger partial charge in [-0.1, -0.05) is 12.1 Å². The lowest BCUT2D eigenvalue weighted by Crippen LogP contribution is -2.37. The van der Waals surface area contributed by atoms with Crippen LogP contribution in [0, 0.1) is 0 Å². The van der Waals surface area contributed by atoms with Crippen molar-refractivity contribution in [3.63, 3.8) is 0 Å². The normalized spacial score (nSPS) is 14.0. The highest BCUT2D eigenvalue weighted by atomic mass is 16.2. The van der Waals surface area contributed by atoms with Crippen molar-refractivity contribution in [1.82, 2.24) is 14.7 Å². The summed E-state index contributed by atoms with van der Waals surface area (Å²) in [5.74, 6) is -0.162. The molecule has 0 aromatic heterocycles. The van der Waals surface area contributed by atoms with Crippen LogP contribution < -0.4 is 0 Å². The molecule has 0 aliphatic carbocycles. The largest absolute Gasteiger partial charge is 0.347 e. The Balaban J connectivity index is 2.04. The summed E-state index contributed by atoms with van der Waals surface area (Å²) < 4.78 is 0. The predicted octanol–water partition coefficient (Wildman–Crippen LogP) is 0.969. The van der Waals surface area contributed by atoms with Crippen LogP contribution in [0.3, 0.4) is 0 Å². The highest BCUT2D eigenvalue weighted by Crippen LogP contribution is 2.15. The van der Waals surface area contributed by atoms with Gasteiger partial charge in [-0.15, -0.1) is 0 Å². The summed E-state index contributed by atoms with van der Waals surface area (Å²) in [6, 6.07) is 7.25. The molecule has 2 rings (SSSR count). The Morgan fingerprint density at radius 2 is 1.96 bits per heavy atom. The Kier molecular flexibility index (Phi) is 5.36. The number of hydrogen-bond acceptors (Lipinski definition) is 3. The minimum atomic E-state index is -0.199. The van der Waals surface area contributed by atoms with Crippen LogP contribution in [0.15, 0.2) is 24.3 Å². The van der Waals surface area contributed by atoms with E-state index in [1.807, 2.05) is 17.0 Å². The van der Waals surface area contributed by atoms with Crippen molar-refractivity contribution in [3.8, 4) is 0 Å². The van der Waals surface area contributed by atoms with E-state index in [-0.39, 0.29) is 24.3 Å². The van der Waals surface area contributed by atoms with Crippen LogP contribution in [0.4, 0.5) is 0 Å². The quantitative estimate of drug-likeness (QED) is 0.813. The number of hydrogen-bond donors (Lipinski definition) is 0. The monoisotopic (exact) mass is 317 g/mol. The van der Waals surface area contributed by atoms with E-state index < -0.39 is 0 Å². The summed E-state index contributed by atoms with van der Waals surface area (Å²) in [6.07, 6.45) is 1.50. The van der Waals surface area contributed by atoms with Crippen molar-refractivity contribution in [1.29, 1.82) is 0 Å². The molecule has 1 fully saturated rings. The first-order valence-corrected chi connectivity index (χ1v) is 7.71. The van der Waals surface area contributed by atoms with Crippen molar-refractivity contribution in [2.45, 2.75) is 19.4 Å². The molecule has 0 saturated carbocycles. The van der Waals surface area contributed by atoms with Crippen LogP contribution in [0.5, 0.6) is 0 Å². The number of carbonyl (C=O) groups excluding carboxylic acids is 3. The van der Waals surface area contributed by atoms with Crippen LogP contribution >= 0.6 is 0 Å². The number of likely N-dealkylation sites (N-methyl/N-ethyl adjacent to an activating group) is 2. The van der Waals surface area contributed by atoms with E-state index in [4.69, 9.17) is 0 Å². The molecule has 1 aliphatic rings. The minimum Gasteiger partial charge on any atom is -0.347 e. The zero-order valence-electron chi connectivity index (χ0n) is 13.9. The second kappa shape index (κ2) is 7.26. The van der Waals surface area contributed by atoms with Crippen LogP contribution in [0.25, 0.3) is 0 Å². The lowest BCUT2D eigenvalue weighted by Gasteiger charge is -2.20. The van der Waals surface area contributed by atoms with Gasteiger partial charge in [-0.3, -0.25) is 14.4 Å². The highest BCUT2D eigenvalue weighted by molar-refractivity contribution is 5.96. The van der Waals surface area contributed by atoms with Gasteiger partial charge in [0.15, 0.2) is 0 Å². The van der Waals surface area contributed by atoms with Gasteiger partial charge in [-0.05, 0) is 24.1 Å². The van der Waals surface area contributed by atoms with Crippen molar-refractivity contribution in [3.05, 3.63) is 35.4 Å². The average molecular weight is 317 g/mol. The van der Waals surface area contributed by atoms with Gasteiger partial charge in [0.2, 0.25) is 11.8 Å². The molecule has 1 aromatic carbocycles. The molecule has 6 nitrogen and oxygen atoms in total. The molecule has 0 unspecified atom stereocenters. The first-order chi connectivity index (χ1) is 10.9. The fraction of sp³-hybridized carbons (Fsp3) is 0.471. The molecule has 0 atom stereocenters. The van der Waals surface area contributed by atoms with Gasteiger partial charge in [-0.2, -0.15) is 0 Å². The minimum absolute atomic E-state index is 0.0423. The highest BCUT2D eigenvalue weighted by Gasteiger charge is 2.21. The molecule has 3 amide bonds. The van der Waals surface area contributed by atoms with Crippen LogP contribution in [-0.2, 0) is 16.1 Å². The van der Waals surface area contributed by atoms with E-state index in [9.17, 15) is 14.4 Å². The smallest absolute Gasteiger partial charge is 0.254 e. The number of likely N-dealkylation sites (tertiary alicyclic amines) is 1. The van der Waals surface area contributed by atoms with Crippen molar-refractivity contribution >= 4 is 17.7 Å². The molecule has 124 valence electrons. The molecule has 1 aliphatic heterocycles. The maximum Gasteiger partial charge on any atom is 0.254 e. The summed E-state index contributed by atoms with van der Waals surface area (Å²) in [4.78, 5) is 40.5. The van der Waals surface area contributed by atoms with Gasteiger partial charge in [0.05, 0.1) is 6.54 Å². The standard InChI is InChI=1S/C17H23N3O3/c1-18(2)16(22)12-19(3)17(23)14-7-4-6-13(10-14)11-20-9-5-8-15(20)21/h4,6-7,10H,5,8-9,11-12H2,1-3H3. The van der Waals surface area contributed by atoms with Crippen LogP contribution in [0.2, 0.25) is 0 Å². The molecule has 0 radical (unpaired) electrons. The molecule has 1 saturated heterocycles. The molecule has 1 heterocycles. The van der Waals surface area contributed by atoms with E-state index in [0.717, 1.165) is 18.5 Å². The average Bonchev–Trinajstić information content (AvgIpc) is 2.91. The molecule has 0 spiro atoms. The first-order valence-electron chi connectivity index (χ1n) is 7.71. The van der Waals surface area contributed by atoms with Crippen molar-refractivity contribution in [2.75, 3.05) is 34.2 Å². The lowest BCUT2D eigenvalue weighted by molar-refractivity contribution is -0.129. The van der Waals surface area contributed by atoms with E-state index in [2.05, 4.69) is 0 Å². The third-order valence-electron chi connectivity index (χ3n) is 3.94. The summed E-state index contributed by atoms with van der Waals surface area (Å²) in [7, 11) is 4.93. The Morgan fingerprint density at radius 3 is 2.57 bits per heavy atom. The predicted molar refractivity (Wildman–Crippen MR) is 86.7 cm³/mol. The van der Waals surface area contributed by atoms with Gasteiger partial charge in [0.25, 0.3) is 5.91 Å². The van der Waals surface area contributed by atoms with E-state index in [1.165, 1.54) is 9.80 Å². The molecule has 1 aromatic rings. The van der Waals surface area contributed by atoms with Gasteiger partial charge in [0.1, 0.15) is 0 Å². The maximum absolute atomic E-state index is 12.4. The summed E-state index contributed by atoms with van der Waals surface area (Å²) in [6.45, 7) is 1.34. The van der Waals surface area contributed by atoms with Gasteiger partial charge >= 0.3 is 0 Å². The number of benzene rings is 1. The zero-order valence-corrected chi connectivity index (χ0v) is 13.9. The number of carbonyl (C=O) groups is 3. The van der Waals surface area contributed by atoms with Gasteiger partial charge in [0, 0.05) is 46.2 Å². The summed E-state index contributed by atoms with van der Waals surface area (Å²) in [5, 5.41) is 0. The molecule has 6 heteroatoms.